The van der Waals surface area contributed by atoms with Crippen LogP contribution in [0, 0.1) is 6.92 Å². The number of anilines is 1. The quantitative estimate of drug-likeness (QED) is 0.735. The molecule has 0 saturated carbocycles. The third-order valence-electron chi connectivity index (χ3n) is 2.22. The molecule has 1 aromatic heterocycles. The summed E-state index contributed by atoms with van der Waals surface area (Å²) in [6.07, 6.45) is 3.11. The average molecular weight is 213 g/mol. The van der Waals surface area contributed by atoms with Crippen LogP contribution in [0.1, 0.15) is 19.0 Å². The standard InChI is InChI=1S/C10H19N3S/c1-4-14-7-5-6-11-10-8-12-13(3)9(10)2/h8,11H,4-7H2,1-3H3. The van der Waals surface area contributed by atoms with Gasteiger partial charge in [-0.3, -0.25) is 4.68 Å². The molecule has 1 aromatic rings. The number of hydrogen-bond acceptors (Lipinski definition) is 3. The molecule has 0 aromatic carbocycles. The molecule has 0 spiro atoms. The first-order chi connectivity index (χ1) is 6.75. The molecule has 0 bridgehead atoms. The minimum absolute atomic E-state index is 1.04. The average Bonchev–Trinajstić information content (AvgIpc) is 2.49. The zero-order valence-corrected chi connectivity index (χ0v) is 10.0. The van der Waals surface area contributed by atoms with Crippen molar-refractivity contribution in [2.75, 3.05) is 23.4 Å². The lowest BCUT2D eigenvalue weighted by molar-refractivity contribution is 0.740. The summed E-state index contributed by atoms with van der Waals surface area (Å²) in [5.74, 6) is 2.45. The number of nitrogens with zero attached hydrogens (tertiary/aromatic N) is 2. The number of thioether (sulfide) groups is 1. The number of hydrogen-bond donors (Lipinski definition) is 1. The maximum absolute atomic E-state index is 4.18. The molecular formula is C10H19N3S. The first kappa shape index (κ1) is 11.4. The summed E-state index contributed by atoms with van der Waals surface area (Å²) < 4.78 is 1.89. The molecule has 1 N–H and O–H groups in total. The van der Waals surface area contributed by atoms with E-state index >= 15 is 0 Å². The molecule has 1 rings (SSSR count). The van der Waals surface area contributed by atoms with Crippen molar-refractivity contribution < 1.29 is 0 Å². The minimum Gasteiger partial charge on any atom is -0.382 e. The molecular weight excluding hydrogens is 194 g/mol. The van der Waals surface area contributed by atoms with E-state index in [4.69, 9.17) is 0 Å². The fraction of sp³-hybridized carbons (Fsp3) is 0.700. The van der Waals surface area contributed by atoms with Crippen molar-refractivity contribution in [3.8, 4) is 0 Å². The van der Waals surface area contributed by atoms with Crippen molar-refractivity contribution in [3.05, 3.63) is 11.9 Å². The highest BCUT2D eigenvalue weighted by molar-refractivity contribution is 7.99. The second-order valence-corrected chi connectivity index (χ2v) is 4.64. The van der Waals surface area contributed by atoms with E-state index in [0.29, 0.717) is 0 Å². The molecule has 0 unspecified atom stereocenters. The van der Waals surface area contributed by atoms with E-state index < -0.39 is 0 Å². The van der Waals surface area contributed by atoms with E-state index in [1.165, 1.54) is 23.6 Å². The van der Waals surface area contributed by atoms with Crippen LogP contribution < -0.4 is 5.32 Å². The number of nitrogens with one attached hydrogen (secondary N) is 1. The lowest BCUT2D eigenvalue weighted by Crippen LogP contribution is -2.03. The molecule has 3 nitrogen and oxygen atoms in total. The summed E-state index contributed by atoms with van der Waals surface area (Å²) in [5.41, 5.74) is 2.36. The van der Waals surface area contributed by atoms with Crippen LogP contribution >= 0.6 is 11.8 Å². The van der Waals surface area contributed by atoms with Crippen LogP contribution in [0.15, 0.2) is 6.20 Å². The minimum atomic E-state index is 1.04. The Bertz CT molecular complexity index is 270. The zero-order chi connectivity index (χ0) is 10.4. The van der Waals surface area contributed by atoms with Gasteiger partial charge in [-0.25, -0.2) is 0 Å². The van der Waals surface area contributed by atoms with Crippen LogP contribution in [0.3, 0.4) is 0 Å². The van der Waals surface area contributed by atoms with E-state index in [2.05, 4.69) is 24.3 Å². The Labute approximate surface area is 90.3 Å². The second kappa shape index (κ2) is 5.96. The predicted molar refractivity (Wildman–Crippen MR) is 64.1 cm³/mol. The van der Waals surface area contributed by atoms with Crippen LogP contribution in [0.25, 0.3) is 0 Å². The Balaban J connectivity index is 2.21. The summed E-state index contributed by atoms with van der Waals surface area (Å²) in [5, 5.41) is 7.58. The molecule has 0 atom stereocenters. The van der Waals surface area contributed by atoms with Gasteiger partial charge in [0.05, 0.1) is 17.6 Å². The highest BCUT2D eigenvalue weighted by Crippen LogP contribution is 2.12. The van der Waals surface area contributed by atoms with Gasteiger partial charge in [0, 0.05) is 13.6 Å². The molecule has 1 heterocycles. The van der Waals surface area contributed by atoms with Crippen molar-refractivity contribution in [1.29, 1.82) is 0 Å². The van der Waals surface area contributed by atoms with Gasteiger partial charge in [0.2, 0.25) is 0 Å². The first-order valence-electron chi connectivity index (χ1n) is 5.06. The summed E-state index contributed by atoms with van der Waals surface area (Å²) in [6.45, 7) is 5.32. The Morgan fingerprint density at radius 2 is 2.36 bits per heavy atom. The molecule has 0 radical (unpaired) electrons. The summed E-state index contributed by atoms with van der Waals surface area (Å²) in [6, 6.07) is 0. The predicted octanol–water partition coefficient (Wildman–Crippen LogP) is 2.28. The van der Waals surface area contributed by atoms with E-state index in [9.17, 15) is 0 Å². The van der Waals surface area contributed by atoms with Crippen LogP contribution in [0.2, 0.25) is 0 Å². The van der Waals surface area contributed by atoms with Gasteiger partial charge in [-0.15, -0.1) is 0 Å². The highest BCUT2D eigenvalue weighted by atomic mass is 32.2. The number of aromatic nitrogens is 2. The van der Waals surface area contributed by atoms with E-state index in [1.807, 2.05) is 29.7 Å². The second-order valence-electron chi connectivity index (χ2n) is 3.24. The third kappa shape index (κ3) is 3.25. The topological polar surface area (TPSA) is 29.9 Å². The van der Waals surface area contributed by atoms with E-state index in [1.54, 1.807) is 0 Å². The summed E-state index contributed by atoms with van der Waals surface area (Å²) in [4.78, 5) is 0. The van der Waals surface area contributed by atoms with Gasteiger partial charge in [-0.1, -0.05) is 6.92 Å². The smallest absolute Gasteiger partial charge is 0.0756 e. The third-order valence-corrected chi connectivity index (χ3v) is 3.21. The Morgan fingerprint density at radius 1 is 1.57 bits per heavy atom. The van der Waals surface area contributed by atoms with Crippen LogP contribution in [-0.2, 0) is 7.05 Å². The fourth-order valence-electron chi connectivity index (χ4n) is 1.21. The number of rotatable bonds is 6. The first-order valence-corrected chi connectivity index (χ1v) is 6.21. The molecule has 0 aliphatic carbocycles. The lowest BCUT2D eigenvalue weighted by atomic mass is 10.4. The molecule has 0 aliphatic rings. The van der Waals surface area contributed by atoms with Gasteiger partial charge >= 0.3 is 0 Å². The van der Waals surface area contributed by atoms with Crippen molar-refractivity contribution >= 4 is 17.4 Å². The van der Waals surface area contributed by atoms with Crippen molar-refractivity contribution in [1.82, 2.24) is 9.78 Å². The number of aryl methyl sites for hydroxylation is 1. The maximum atomic E-state index is 4.18. The van der Waals surface area contributed by atoms with Crippen LogP contribution in [-0.4, -0.2) is 27.8 Å². The molecule has 0 amide bonds. The van der Waals surface area contributed by atoms with Crippen LogP contribution in [0.5, 0.6) is 0 Å². The lowest BCUT2D eigenvalue weighted by Gasteiger charge is -2.04. The Hall–Kier alpha value is -0.640. The van der Waals surface area contributed by atoms with E-state index in [0.717, 1.165) is 12.2 Å². The van der Waals surface area contributed by atoms with Gasteiger partial charge in [-0.2, -0.15) is 16.9 Å². The van der Waals surface area contributed by atoms with Gasteiger partial charge < -0.3 is 5.32 Å². The largest absolute Gasteiger partial charge is 0.382 e. The Kier molecular flexibility index (Phi) is 4.87. The molecule has 80 valence electrons. The Morgan fingerprint density at radius 3 is 2.93 bits per heavy atom. The van der Waals surface area contributed by atoms with Gasteiger partial charge in [0.25, 0.3) is 0 Å². The molecule has 0 fully saturated rings. The van der Waals surface area contributed by atoms with Gasteiger partial charge in [0.15, 0.2) is 0 Å². The molecule has 0 saturated heterocycles. The highest BCUT2D eigenvalue weighted by Gasteiger charge is 2.01. The van der Waals surface area contributed by atoms with Crippen molar-refractivity contribution in [3.63, 3.8) is 0 Å². The van der Waals surface area contributed by atoms with E-state index in [-0.39, 0.29) is 0 Å². The molecule has 0 aliphatic heterocycles. The molecule has 14 heavy (non-hydrogen) atoms. The molecule has 4 heteroatoms. The zero-order valence-electron chi connectivity index (χ0n) is 9.21. The van der Waals surface area contributed by atoms with Gasteiger partial charge in [0.1, 0.15) is 0 Å². The normalized spacial score (nSPS) is 10.5. The van der Waals surface area contributed by atoms with Gasteiger partial charge in [-0.05, 0) is 24.9 Å². The van der Waals surface area contributed by atoms with Crippen molar-refractivity contribution in [2.45, 2.75) is 20.3 Å². The summed E-state index contributed by atoms with van der Waals surface area (Å²) in [7, 11) is 1.97. The summed E-state index contributed by atoms with van der Waals surface area (Å²) >= 11 is 1.99. The monoisotopic (exact) mass is 213 g/mol. The SMILES string of the molecule is CCSCCCNc1cnn(C)c1C. The maximum Gasteiger partial charge on any atom is 0.0756 e. The van der Waals surface area contributed by atoms with Crippen LogP contribution in [0.4, 0.5) is 5.69 Å². The van der Waals surface area contributed by atoms with Crippen molar-refractivity contribution in [2.24, 2.45) is 7.05 Å². The fourth-order valence-corrected chi connectivity index (χ4v) is 1.85.